The van der Waals surface area contributed by atoms with Crippen LogP contribution in [0.15, 0.2) is 88.0 Å². The van der Waals surface area contributed by atoms with E-state index in [1.165, 1.54) is 0 Å². The van der Waals surface area contributed by atoms with Crippen LogP contribution in [0.3, 0.4) is 0 Å². The van der Waals surface area contributed by atoms with Crippen molar-refractivity contribution in [2.45, 2.75) is 29.1 Å². The molecule has 4 rings (SSSR count). The normalized spacial score (nSPS) is 16.2. The molecule has 0 amide bonds. The van der Waals surface area contributed by atoms with E-state index in [0.29, 0.717) is 11.7 Å². The first kappa shape index (κ1) is 19.8. The standard InChI is InChI=1S/C22H22N4OS2/c1-15(2)19-14-28-22(23)26(19)21-20(27-16-6-4-3-5-7-16)12-18(13-25-21)29-17-8-10-24-11-9-17/h3-15,22H,23H2,1-2H3. The topological polar surface area (TPSA) is 64.3 Å². The largest absolute Gasteiger partial charge is 0.453 e. The van der Waals surface area contributed by atoms with Gasteiger partial charge >= 0.3 is 0 Å². The molecule has 5 nitrogen and oxygen atoms in total. The minimum atomic E-state index is -0.225. The van der Waals surface area contributed by atoms with Crippen LogP contribution in [-0.2, 0) is 0 Å². The van der Waals surface area contributed by atoms with E-state index in [2.05, 4.69) is 29.1 Å². The molecule has 1 aromatic carbocycles. The van der Waals surface area contributed by atoms with Crippen molar-refractivity contribution in [3.63, 3.8) is 0 Å². The van der Waals surface area contributed by atoms with Crippen molar-refractivity contribution in [1.29, 1.82) is 0 Å². The van der Waals surface area contributed by atoms with Gasteiger partial charge in [-0.15, -0.1) is 0 Å². The van der Waals surface area contributed by atoms with Crippen LogP contribution in [0.5, 0.6) is 11.5 Å². The number of benzene rings is 1. The van der Waals surface area contributed by atoms with E-state index in [0.717, 1.165) is 27.1 Å². The van der Waals surface area contributed by atoms with Gasteiger partial charge in [-0.05, 0) is 35.6 Å². The minimum absolute atomic E-state index is 0.225. The number of thioether (sulfide) groups is 1. The predicted molar refractivity (Wildman–Crippen MR) is 120 cm³/mol. The van der Waals surface area contributed by atoms with Crippen molar-refractivity contribution >= 4 is 29.3 Å². The number of allylic oxidation sites excluding steroid dienone is 1. The van der Waals surface area contributed by atoms with Crippen LogP contribution in [0.25, 0.3) is 0 Å². The average Bonchev–Trinajstić information content (AvgIpc) is 3.11. The van der Waals surface area contributed by atoms with Crippen LogP contribution in [0.4, 0.5) is 5.82 Å². The second kappa shape index (κ2) is 8.90. The van der Waals surface area contributed by atoms with Gasteiger partial charge in [0.05, 0.1) is 0 Å². The Bertz CT molecular complexity index is 996. The number of hydrogen-bond donors (Lipinski definition) is 1. The lowest BCUT2D eigenvalue weighted by atomic mass is 10.1. The molecule has 0 saturated heterocycles. The summed E-state index contributed by atoms with van der Waals surface area (Å²) >= 11 is 3.21. The Morgan fingerprint density at radius 2 is 1.86 bits per heavy atom. The summed E-state index contributed by atoms with van der Waals surface area (Å²) in [4.78, 5) is 13.0. The summed E-state index contributed by atoms with van der Waals surface area (Å²) in [5.74, 6) is 2.50. The first-order chi connectivity index (χ1) is 14.1. The van der Waals surface area contributed by atoms with Crippen molar-refractivity contribution < 1.29 is 4.74 Å². The van der Waals surface area contributed by atoms with E-state index in [9.17, 15) is 0 Å². The first-order valence-electron chi connectivity index (χ1n) is 9.33. The Hall–Kier alpha value is -2.48. The Kier molecular flexibility index (Phi) is 6.08. The van der Waals surface area contributed by atoms with Crippen molar-refractivity contribution in [3.8, 4) is 11.5 Å². The van der Waals surface area contributed by atoms with Gasteiger partial charge in [0, 0.05) is 40.1 Å². The number of nitrogens with two attached hydrogens (primary N) is 1. The first-order valence-corrected chi connectivity index (χ1v) is 11.1. The summed E-state index contributed by atoms with van der Waals surface area (Å²) in [5, 5.41) is 2.11. The average molecular weight is 423 g/mol. The lowest BCUT2D eigenvalue weighted by Gasteiger charge is -2.29. The smallest absolute Gasteiger partial charge is 0.178 e. The van der Waals surface area contributed by atoms with Gasteiger partial charge in [-0.25, -0.2) is 4.98 Å². The van der Waals surface area contributed by atoms with Gasteiger partial charge in [0.1, 0.15) is 11.2 Å². The van der Waals surface area contributed by atoms with E-state index in [1.54, 1.807) is 35.9 Å². The fourth-order valence-corrected chi connectivity index (χ4v) is 4.76. The Labute approximate surface area is 179 Å². The zero-order valence-electron chi connectivity index (χ0n) is 16.2. The number of anilines is 1. The third-order valence-corrected chi connectivity index (χ3v) is 6.18. The lowest BCUT2D eigenvalue weighted by Crippen LogP contribution is -2.37. The van der Waals surface area contributed by atoms with Crippen LogP contribution < -0.4 is 15.4 Å². The summed E-state index contributed by atoms with van der Waals surface area (Å²) in [6, 6.07) is 15.7. The monoisotopic (exact) mass is 422 g/mol. The van der Waals surface area contributed by atoms with Gasteiger partial charge < -0.3 is 15.4 Å². The molecule has 7 heteroatoms. The maximum atomic E-state index is 6.39. The highest BCUT2D eigenvalue weighted by molar-refractivity contribution is 8.03. The highest BCUT2D eigenvalue weighted by Gasteiger charge is 2.30. The van der Waals surface area contributed by atoms with Crippen molar-refractivity contribution in [3.05, 3.63) is 78.2 Å². The number of aromatic nitrogens is 2. The summed E-state index contributed by atoms with van der Waals surface area (Å²) in [7, 11) is 0. The van der Waals surface area contributed by atoms with Gasteiger partial charge in [0.2, 0.25) is 0 Å². The SMILES string of the molecule is CC(C)C1=CSC(N)N1c1ncc(Sc2ccncc2)cc1Oc1ccccc1. The maximum Gasteiger partial charge on any atom is 0.178 e. The number of hydrogen-bond acceptors (Lipinski definition) is 7. The zero-order valence-corrected chi connectivity index (χ0v) is 17.9. The van der Waals surface area contributed by atoms with Crippen molar-refractivity contribution in [2.24, 2.45) is 11.7 Å². The van der Waals surface area contributed by atoms with Crippen LogP contribution in [0.2, 0.25) is 0 Å². The highest BCUT2D eigenvalue weighted by Crippen LogP contribution is 2.42. The second-order valence-corrected chi connectivity index (χ2v) is 8.92. The molecule has 0 fully saturated rings. The van der Waals surface area contributed by atoms with Gasteiger partial charge in [-0.2, -0.15) is 0 Å². The zero-order chi connectivity index (χ0) is 20.2. The summed E-state index contributed by atoms with van der Waals surface area (Å²) in [6.07, 6.45) is 5.43. The Morgan fingerprint density at radius 3 is 2.59 bits per heavy atom. The number of ether oxygens (including phenoxy) is 1. The van der Waals surface area contributed by atoms with Crippen LogP contribution in [-0.4, -0.2) is 15.5 Å². The van der Waals surface area contributed by atoms with Gasteiger partial charge in [0.15, 0.2) is 11.6 Å². The number of rotatable bonds is 6. The fraction of sp³-hybridized carbons (Fsp3) is 0.182. The quantitative estimate of drug-likeness (QED) is 0.545. The van der Waals surface area contributed by atoms with E-state index >= 15 is 0 Å². The lowest BCUT2D eigenvalue weighted by molar-refractivity contribution is 0.477. The van der Waals surface area contributed by atoms with Gasteiger partial charge in [-0.1, -0.05) is 55.6 Å². The van der Waals surface area contributed by atoms with Crippen molar-refractivity contribution in [2.75, 3.05) is 4.90 Å². The van der Waals surface area contributed by atoms with Crippen LogP contribution >= 0.6 is 23.5 Å². The molecule has 0 bridgehead atoms. The van der Waals surface area contributed by atoms with Crippen molar-refractivity contribution in [1.82, 2.24) is 9.97 Å². The highest BCUT2D eigenvalue weighted by atomic mass is 32.2. The minimum Gasteiger partial charge on any atom is -0.453 e. The molecule has 29 heavy (non-hydrogen) atoms. The molecule has 0 spiro atoms. The molecule has 1 atom stereocenters. The number of para-hydroxylation sites is 1. The molecular weight excluding hydrogens is 400 g/mol. The molecule has 148 valence electrons. The molecule has 0 radical (unpaired) electrons. The molecule has 2 aromatic heterocycles. The van der Waals surface area contributed by atoms with E-state index in [4.69, 9.17) is 15.5 Å². The summed E-state index contributed by atoms with van der Waals surface area (Å²) < 4.78 is 6.25. The third kappa shape index (κ3) is 4.58. The summed E-state index contributed by atoms with van der Waals surface area (Å²) in [6.45, 7) is 4.31. The Morgan fingerprint density at radius 1 is 1.10 bits per heavy atom. The van der Waals surface area contributed by atoms with Gasteiger partial charge in [0.25, 0.3) is 0 Å². The maximum absolute atomic E-state index is 6.39. The number of pyridine rings is 2. The summed E-state index contributed by atoms with van der Waals surface area (Å²) in [5.41, 5.74) is 7.31. The van der Waals surface area contributed by atoms with Gasteiger partial charge in [-0.3, -0.25) is 4.98 Å². The molecule has 3 heterocycles. The third-order valence-electron chi connectivity index (χ3n) is 4.34. The Balaban J connectivity index is 1.72. The molecule has 2 N–H and O–H groups in total. The molecule has 1 aliphatic rings. The fourth-order valence-electron chi connectivity index (χ4n) is 2.95. The van der Waals surface area contributed by atoms with E-state index in [1.807, 2.05) is 54.7 Å². The molecular formula is C22H22N4OS2. The van der Waals surface area contributed by atoms with E-state index < -0.39 is 0 Å². The molecule has 1 aliphatic heterocycles. The molecule has 0 aliphatic carbocycles. The number of nitrogens with zero attached hydrogens (tertiary/aromatic N) is 3. The molecule has 3 aromatic rings. The molecule has 1 unspecified atom stereocenters. The van der Waals surface area contributed by atoms with Crippen LogP contribution in [0, 0.1) is 5.92 Å². The second-order valence-electron chi connectivity index (χ2n) is 6.79. The predicted octanol–water partition coefficient (Wildman–Crippen LogP) is 5.71. The van der Waals surface area contributed by atoms with Crippen LogP contribution in [0.1, 0.15) is 13.8 Å². The molecule has 0 saturated carbocycles. The van der Waals surface area contributed by atoms with E-state index in [-0.39, 0.29) is 5.50 Å².